The van der Waals surface area contributed by atoms with Gasteiger partial charge in [0.15, 0.2) is 0 Å². The van der Waals surface area contributed by atoms with Gasteiger partial charge in [-0.25, -0.2) is 4.98 Å². The standard InChI is InChI=1S/C11H12BrN3O/c1-16-11-4-8(2-3-10(11)12)15-7-14-6-9(15)5-13/h2-4,6-7H,5,13H2,1H3. The Morgan fingerprint density at radius 2 is 2.31 bits per heavy atom. The van der Waals surface area contributed by atoms with E-state index in [9.17, 15) is 0 Å². The van der Waals surface area contributed by atoms with Crippen LogP contribution in [0.4, 0.5) is 0 Å². The second-order valence-electron chi connectivity index (χ2n) is 3.28. The minimum Gasteiger partial charge on any atom is -0.495 e. The third-order valence-corrected chi connectivity index (χ3v) is 2.99. The lowest BCUT2D eigenvalue weighted by atomic mass is 10.3. The molecule has 2 aromatic rings. The van der Waals surface area contributed by atoms with Gasteiger partial charge in [0.1, 0.15) is 5.75 Å². The van der Waals surface area contributed by atoms with Crippen LogP contribution >= 0.6 is 15.9 Å². The highest BCUT2D eigenvalue weighted by atomic mass is 79.9. The van der Waals surface area contributed by atoms with E-state index in [1.165, 1.54) is 0 Å². The molecule has 5 heteroatoms. The molecule has 0 bridgehead atoms. The van der Waals surface area contributed by atoms with Gasteiger partial charge in [0.05, 0.1) is 29.3 Å². The van der Waals surface area contributed by atoms with Gasteiger partial charge in [-0.2, -0.15) is 0 Å². The van der Waals surface area contributed by atoms with Gasteiger partial charge >= 0.3 is 0 Å². The Morgan fingerprint density at radius 3 is 3.00 bits per heavy atom. The van der Waals surface area contributed by atoms with Crippen molar-refractivity contribution in [1.82, 2.24) is 9.55 Å². The van der Waals surface area contributed by atoms with Crippen LogP contribution in [-0.4, -0.2) is 16.7 Å². The van der Waals surface area contributed by atoms with Crippen LogP contribution in [-0.2, 0) is 6.54 Å². The molecule has 0 unspecified atom stereocenters. The molecule has 84 valence electrons. The van der Waals surface area contributed by atoms with Crippen molar-refractivity contribution in [3.63, 3.8) is 0 Å². The lowest BCUT2D eigenvalue weighted by molar-refractivity contribution is 0.412. The summed E-state index contributed by atoms with van der Waals surface area (Å²) in [6, 6.07) is 5.85. The van der Waals surface area contributed by atoms with E-state index in [-0.39, 0.29) is 0 Å². The Morgan fingerprint density at radius 1 is 1.50 bits per heavy atom. The van der Waals surface area contributed by atoms with Crippen molar-refractivity contribution in [3.05, 3.63) is 40.9 Å². The van der Waals surface area contributed by atoms with Crippen molar-refractivity contribution in [1.29, 1.82) is 0 Å². The SMILES string of the molecule is COc1cc(-n2cncc2CN)ccc1Br. The first-order valence-electron chi connectivity index (χ1n) is 4.81. The molecule has 0 fully saturated rings. The zero-order valence-electron chi connectivity index (χ0n) is 8.85. The number of imidazole rings is 1. The Hall–Kier alpha value is -1.33. The van der Waals surface area contributed by atoms with Crippen molar-refractivity contribution >= 4 is 15.9 Å². The third-order valence-electron chi connectivity index (χ3n) is 2.34. The van der Waals surface area contributed by atoms with Crippen molar-refractivity contribution in [2.24, 2.45) is 5.73 Å². The lowest BCUT2D eigenvalue weighted by Gasteiger charge is -2.09. The maximum absolute atomic E-state index is 5.63. The molecule has 0 radical (unpaired) electrons. The molecule has 0 saturated heterocycles. The van der Waals surface area contributed by atoms with Crippen LogP contribution in [0.2, 0.25) is 0 Å². The number of benzene rings is 1. The molecule has 0 aliphatic heterocycles. The van der Waals surface area contributed by atoms with Gasteiger partial charge in [-0.05, 0) is 28.1 Å². The summed E-state index contributed by atoms with van der Waals surface area (Å²) in [7, 11) is 1.64. The van der Waals surface area contributed by atoms with Gasteiger partial charge in [0.2, 0.25) is 0 Å². The minimum atomic E-state index is 0.457. The summed E-state index contributed by atoms with van der Waals surface area (Å²) in [6.07, 6.45) is 3.50. The van der Waals surface area contributed by atoms with Gasteiger partial charge in [-0.3, -0.25) is 0 Å². The topological polar surface area (TPSA) is 53.1 Å². The molecule has 0 aliphatic rings. The molecule has 0 atom stereocenters. The summed E-state index contributed by atoms with van der Waals surface area (Å²) in [5.74, 6) is 0.786. The van der Waals surface area contributed by atoms with Crippen LogP contribution in [0, 0.1) is 0 Å². The third kappa shape index (κ3) is 1.96. The number of methoxy groups -OCH3 is 1. The van der Waals surface area contributed by atoms with Crippen molar-refractivity contribution in [2.75, 3.05) is 7.11 Å². The van der Waals surface area contributed by atoms with Crippen molar-refractivity contribution in [3.8, 4) is 11.4 Å². The molecule has 16 heavy (non-hydrogen) atoms. The maximum Gasteiger partial charge on any atom is 0.135 e. The number of hydrogen-bond acceptors (Lipinski definition) is 3. The molecular weight excluding hydrogens is 270 g/mol. The fourth-order valence-corrected chi connectivity index (χ4v) is 1.91. The maximum atomic E-state index is 5.63. The van der Waals surface area contributed by atoms with Crippen LogP contribution in [0.5, 0.6) is 5.75 Å². The van der Waals surface area contributed by atoms with Crippen molar-refractivity contribution < 1.29 is 4.74 Å². The molecule has 1 heterocycles. The number of rotatable bonds is 3. The Bertz CT molecular complexity index is 496. The minimum absolute atomic E-state index is 0.457. The highest BCUT2D eigenvalue weighted by Gasteiger charge is 2.06. The summed E-state index contributed by atoms with van der Waals surface area (Å²) in [4.78, 5) is 4.08. The van der Waals surface area contributed by atoms with Crippen LogP contribution in [0.3, 0.4) is 0 Å². The lowest BCUT2D eigenvalue weighted by Crippen LogP contribution is -2.04. The number of ether oxygens (including phenoxy) is 1. The van der Waals surface area contributed by atoms with E-state index >= 15 is 0 Å². The average Bonchev–Trinajstić information content (AvgIpc) is 2.78. The van der Waals surface area contributed by atoms with E-state index in [1.54, 1.807) is 19.6 Å². The highest BCUT2D eigenvalue weighted by Crippen LogP contribution is 2.27. The summed E-state index contributed by atoms with van der Waals surface area (Å²) >= 11 is 3.41. The van der Waals surface area contributed by atoms with E-state index < -0.39 is 0 Å². The molecule has 4 nitrogen and oxygen atoms in total. The first-order chi connectivity index (χ1) is 7.76. The normalized spacial score (nSPS) is 10.4. The highest BCUT2D eigenvalue weighted by molar-refractivity contribution is 9.10. The number of hydrogen-bond donors (Lipinski definition) is 1. The van der Waals surface area contributed by atoms with E-state index in [2.05, 4.69) is 20.9 Å². The van der Waals surface area contributed by atoms with Crippen LogP contribution in [0.1, 0.15) is 5.69 Å². The Balaban J connectivity index is 2.48. The zero-order valence-corrected chi connectivity index (χ0v) is 10.4. The molecule has 0 saturated carbocycles. The molecule has 1 aromatic carbocycles. The number of nitrogens with zero attached hydrogens (tertiary/aromatic N) is 2. The molecule has 1 aromatic heterocycles. The second-order valence-corrected chi connectivity index (χ2v) is 4.13. The number of halogens is 1. The largest absolute Gasteiger partial charge is 0.495 e. The monoisotopic (exact) mass is 281 g/mol. The molecule has 0 aliphatic carbocycles. The van der Waals surface area contributed by atoms with Crippen LogP contribution in [0.25, 0.3) is 5.69 Å². The van der Waals surface area contributed by atoms with E-state index in [0.717, 1.165) is 21.6 Å². The van der Waals surface area contributed by atoms with Gasteiger partial charge in [0, 0.05) is 18.8 Å². The van der Waals surface area contributed by atoms with E-state index in [4.69, 9.17) is 10.5 Å². The van der Waals surface area contributed by atoms with Crippen LogP contribution < -0.4 is 10.5 Å². The Kier molecular flexibility index (Phi) is 3.26. The molecule has 0 spiro atoms. The summed E-state index contributed by atoms with van der Waals surface area (Å²) in [5, 5.41) is 0. The van der Waals surface area contributed by atoms with E-state index in [0.29, 0.717) is 6.54 Å². The van der Waals surface area contributed by atoms with Crippen LogP contribution in [0.15, 0.2) is 35.2 Å². The Labute approximate surface area is 102 Å². The predicted octanol–water partition coefficient (Wildman–Crippen LogP) is 2.10. The molecular formula is C11H12BrN3O. The first-order valence-corrected chi connectivity index (χ1v) is 5.60. The fourth-order valence-electron chi connectivity index (χ4n) is 1.50. The smallest absolute Gasteiger partial charge is 0.135 e. The molecule has 0 amide bonds. The summed E-state index contributed by atoms with van der Waals surface area (Å²) < 4.78 is 8.11. The van der Waals surface area contributed by atoms with Gasteiger partial charge < -0.3 is 15.0 Å². The van der Waals surface area contributed by atoms with Gasteiger partial charge in [-0.15, -0.1) is 0 Å². The van der Waals surface area contributed by atoms with E-state index in [1.807, 2.05) is 22.8 Å². The quantitative estimate of drug-likeness (QED) is 0.938. The first kappa shape index (κ1) is 11.2. The second kappa shape index (κ2) is 4.67. The fraction of sp³-hybridized carbons (Fsp3) is 0.182. The predicted molar refractivity (Wildman–Crippen MR) is 65.7 cm³/mol. The zero-order chi connectivity index (χ0) is 11.5. The summed E-state index contributed by atoms with van der Waals surface area (Å²) in [5.41, 5.74) is 7.58. The molecule has 2 N–H and O–H groups in total. The van der Waals surface area contributed by atoms with Gasteiger partial charge in [0.25, 0.3) is 0 Å². The summed E-state index contributed by atoms with van der Waals surface area (Å²) in [6.45, 7) is 0.457. The van der Waals surface area contributed by atoms with Gasteiger partial charge in [-0.1, -0.05) is 0 Å². The average molecular weight is 282 g/mol. The molecule has 2 rings (SSSR count). The van der Waals surface area contributed by atoms with Crippen molar-refractivity contribution in [2.45, 2.75) is 6.54 Å². The number of nitrogens with two attached hydrogens (primary N) is 1. The number of aromatic nitrogens is 2.